The van der Waals surface area contributed by atoms with Crippen molar-refractivity contribution < 1.29 is 18.0 Å². The third-order valence-electron chi connectivity index (χ3n) is 1.99. The molecule has 1 N–H and O–H groups in total. The van der Waals surface area contributed by atoms with Crippen molar-refractivity contribution in [2.24, 2.45) is 0 Å². The number of sulfonamides is 1. The van der Waals surface area contributed by atoms with Crippen LogP contribution in [0.15, 0.2) is 28.2 Å². The van der Waals surface area contributed by atoms with Crippen LogP contribution in [0.5, 0.6) is 0 Å². The molecule has 5 nitrogen and oxygen atoms in total. The van der Waals surface area contributed by atoms with Crippen LogP contribution in [-0.4, -0.2) is 20.3 Å². The lowest BCUT2D eigenvalue weighted by atomic mass is 10.0. The smallest absolute Gasteiger partial charge is 0.266 e. The average Bonchev–Trinajstić information content (AvgIpc) is 2.38. The second kappa shape index (κ2) is 2.67. The number of hydrogen-bond acceptors (Lipinski definition) is 4. The van der Waals surface area contributed by atoms with Gasteiger partial charge in [-0.3, -0.25) is 4.79 Å². The molecule has 14 heavy (non-hydrogen) atoms. The molecular weight excluding hydrogens is 206 g/mol. The molecule has 1 aliphatic carbocycles. The van der Waals surface area contributed by atoms with Crippen LogP contribution in [0, 0.1) is 0 Å². The zero-order chi connectivity index (χ0) is 10.3. The zero-order valence-electron chi connectivity index (χ0n) is 6.90. The molecule has 0 spiro atoms. The van der Waals surface area contributed by atoms with Crippen LogP contribution in [0.2, 0.25) is 0 Å². The first-order chi connectivity index (χ1) is 6.56. The Morgan fingerprint density at radius 2 is 2.14 bits per heavy atom. The SMILES string of the molecule is O=C=C1CC=CC2=C1S(=O)(=O)NC2=O. The number of carbonyl (C=O) groups excluding carboxylic acids is 2. The molecule has 1 aliphatic heterocycles. The molecule has 1 heterocycles. The van der Waals surface area contributed by atoms with Gasteiger partial charge in [0.1, 0.15) is 10.8 Å². The van der Waals surface area contributed by atoms with E-state index in [9.17, 15) is 18.0 Å². The molecule has 0 unspecified atom stereocenters. The third kappa shape index (κ3) is 1.05. The van der Waals surface area contributed by atoms with E-state index in [1.807, 2.05) is 4.72 Å². The molecule has 0 fully saturated rings. The lowest BCUT2D eigenvalue weighted by Gasteiger charge is -2.05. The summed E-state index contributed by atoms with van der Waals surface area (Å²) in [5, 5.41) is 0. The summed E-state index contributed by atoms with van der Waals surface area (Å²) in [6, 6.07) is 0. The van der Waals surface area contributed by atoms with E-state index in [2.05, 4.69) is 0 Å². The maximum atomic E-state index is 11.4. The van der Waals surface area contributed by atoms with E-state index in [0.717, 1.165) is 0 Å². The van der Waals surface area contributed by atoms with E-state index in [4.69, 9.17) is 0 Å². The molecule has 2 rings (SSSR count). The van der Waals surface area contributed by atoms with Crippen LogP contribution in [0.25, 0.3) is 0 Å². The molecule has 6 heteroatoms. The van der Waals surface area contributed by atoms with Gasteiger partial charge in [-0.2, -0.15) is 0 Å². The Balaban J connectivity index is 2.79. The van der Waals surface area contributed by atoms with Crippen LogP contribution in [0.3, 0.4) is 0 Å². The Labute approximate surface area is 79.8 Å². The first kappa shape index (κ1) is 8.93. The van der Waals surface area contributed by atoms with Crippen molar-refractivity contribution in [1.82, 2.24) is 4.72 Å². The van der Waals surface area contributed by atoms with Crippen molar-refractivity contribution in [1.29, 1.82) is 0 Å². The standard InChI is InChI=1S/C8H5NO4S/c10-4-5-2-1-3-6-7(5)14(12,13)9-8(6)11/h1,3H,2H2,(H,9,11). The molecule has 0 aromatic carbocycles. The van der Waals surface area contributed by atoms with Crippen molar-refractivity contribution >= 4 is 21.9 Å². The highest BCUT2D eigenvalue weighted by atomic mass is 32.2. The third-order valence-corrected chi connectivity index (χ3v) is 3.45. The highest BCUT2D eigenvalue weighted by Gasteiger charge is 2.38. The first-order valence-electron chi connectivity index (χ1n) is 3.78. The maximum absolute atomic E-state index is 11.4. The van der Waals surface area contributed by atoms with Crippen LogP contribution < -0.4 is 4.72 Å². The fraction of sp³-hybridized carbons (Fsp3) is 0.125. The van der Waals surface area contributed by atoms with E-state index < -0.39 is 15.9 Å². The van der Waals surface area contributed by atoms with Crippen LogP contribution in [-0.2, 0) is 19.6 Å². The quantitative estimate of drug-likeness (QED) is 0.543. The van der Waals surface area contributed by atoms with Gasteiger partial charge in [-0.1, -0.05) is 12.2 Å². The van der Waals surface area contributed by atoms with E-state index in [-0.39, 0.29) is 22.5 Å². The number of rotatable bonds is 0. The number of nitrogens with one attached hydrogen (secondary N) is 1. The average molecular weight is 211 g/mol. The van der Waals surface area contributed by atoms with Crippen LogP contribution in [0.4, 0.5) is 0 Å². The lowest BCUT2D eigenvalue weighted by Crippen LogP contribution is -2.23. The minimum absolute atomic E-state index is 0.000787. The van der Waals surface area contributed by atoms with Crippen molar-refractivity contribution in [3.05, 3.63) is 28.2 Å². The second-order valence-corrected chi connectivity index (χ2v) is 4.48. The van der Waals surface area contributed by atoms with Gasteiger partial charge in [0.25, 0.3) is 15.9 Å². The minimum Gasteiger partial charge on any atom is -0.268 e. The monoisotopic (exact) mass is 211 g/mol. The molecule has 72 valence electrons. The highest BCUT2D eigenvalue weighted by Crippen LogP contribution is 2.31. The predicted molar refractivity (Wildman–Crippen MR) is 47.1 cm³/mol. The molecule has 0 atom stereocenters. The molecule has 0 bridgehead atoms. The fourth-order valence-corrected chi connectivity index (χ4v) is 2.78. The summed E-state index contributed by atoms with van der Waals surface area (Å²) in [7, 11) is -3.83. The molecule has 2 aliphatic rings. The summed E-state index contributed by atoms with van der Waals surface area (Å²) in [4.78, 5) is 21.4. The highest BCUT2D eigenvalue weighted by molar-refractivity contribution is 7.94. The summed E-state index contributed by atoms with van der Waals surface area (Å²) in [6.07, 6.45) is 3.14. The van der Waals surface area contributed by atoms with Gasteiger partial charge in [-0.15, -0.1) is 0 Å². The van der Waals surface area contributed by atoms with Crippen molar-refractivity contribution in [2.75, 3.05) is 0 Å². The summed E-state index contributed by atoms with van der Waals surface area (Å²) < 4.78 is 24.5. The van der Waals surface area contributed by atoms with Crippen LogP contribution in [0.1, 0.15) is 6.42 Å². The largest absolute Gasteiger partial charge is 0.268 e. The summed E-state index contributed by atoms with van der Waals surface area (Å²) in [6.45, 7) is 0. The Kier molecular flexibility index (Phi) is 1.70. The second-order valence-electron chi connectivity index (χ2n) is 2.86. The Morgan fingerprint density at radius 3 is 2.79 bits per heavy atom. The first-order valence-corrected chi connectivity index (χ1v) is 5.27. The zero-order valence-corrected chi connectivity index (χ0v) is 7.72. The summed E-state index contributed by atoms with van der Waals surface area (Å²) in [5.41, 5.74) is 0.0236. The minimum atomic E-state index is -3.83. The van der Waals surface area contributed by atoms with E-state index in [1.54, 1.807) is 6.08 Å². The fourth-order valence-electron chi connectivity index (χ4n) is 1.43. The van der Waals surface area contributed by atoms with Gasteiger partial charge in [0.05, 0.1) is 11.1 Å². The molecular formula is C8H5NO4S. The molecule has 0 radical (unpaired) electrons. The maximum Gasteiger partial charge on any atom is 0.266 e. The Hall–Kier alpha value is -1.65. The molecule has 0 saturated carbocycles. The van der Waals surface area contributed by atoms with Crippen molar-refractivity contribution in [3.8, 4) is 0 Å². The Morgan fingerprint density at radius 1 is 1.43 bits per heavy atom. The van der Waals surface area contributed by atoms with Gasteiger partial charge in [-0.05, 0) is 0 Å². The summed E-state index contributed by atoms with van der Waals surface area (Å²) in [5.74, 6) is 0.847. The predicted octanol–water partition coefficient (Wildman–Crippen LogP) is -0.582. The summed E-state index contributed by atoms with van der Waals surface area (Å²) >= 11 is 0. The van der Waals surface area contributed by atoms with Gasteiger partial charge in [0.15, 0.2) is 0 Å². The number of allylic oxidation sites excluding steroid dienone is 2. The van der Waals surface area contributed by atoms with Crippen molar-refractivity contribution in [3.63, 3.8) is 0 Å². The topological polar surface area (TPSA) is 80.3 Å². The molecule has 0 saturated heterocycles. The van der Waals surface area contributed by atoms with Gasteiger partial charge >= 0.3 is 0 Å². The number of amides is 1. The Bertz CT molecular complexity index is 532. The molecule has 1 amide bonds. The van der Waals surface area contributed by atoms with Gasteiger partial charge < -0.3 is 0 Å². The van der Waals surface area contributed by atoms with Gasteiger partial charge in [0, 0.05) is 6.42 Å². The number of hydrogen-bond donors (Lipinski definition) is 1. The normalized spacial score (nSPS) is 23.1. The molecule has 0 aromatic rings. The van der Waals surface area contributed by atoms with Gasteiger partial charge in [0.2, 0.25) is 0 Å². The van der Waals surface area contributed by atoms with E-state index >= 15 is 0 Å². The van der Waals surface area contributed by atoms with Crippen molar-refractivity contribution in [2.45, 2.75) is 6.42 Å². The van der Waals surface area contributed by atoms with E-state index in [0.29, 0.717) is 0 Å². The van der Waals surface area contributed by atoms with Gasteiger partial charge in [-0.25, -0.2) is 17.9 Å². The lowest BCUT2D eigenvalue weighted by molar-refractivity contribution is -0.115. The number of carbonyl (C=O) groups is 1. The van der Waals surface area contributed by atoms with Crippen LogP contribution >= 0.6 is 0 Å². The van der Waals surface area contributed by atoms with E-state index in [1.165, 1.54) is 12.0 Å². The molecule has 0 aromatic heterocycles.